The van der Waals surface area contributed by atoms with E-state index in [0.717, 1.165) is 13.2 Å². The summed E-state index contributed by atoms with van der Waals surface area (Å²) in [5, 5.41) is 0. The summed E-state index contributed by atoms with van der Waals surface area (Å²) in [6.07, 6.45) is 2.76. The monoisotopic (exact) mass is 234 g/mol. The normalized spacial score (nSPS) is 21.9. The van der Waals surface area contributed by atoms with Gasteiger partial charge in [0.1, 0.15) is 0 Å². The third kappa shape index (κ3) is 3.28. The maximum absolute atomic E-state index is 5.90. The van der Waals surface area contributed by atoms with Crippen molar-refractivity contribution in [2.75, 3.05) is 26.7 Å². The SMILES string of the molecule is CN(CC1CCCO1)C(CN)c1ccccc1. The second kappa shape index (κ2) is 6.15. The van der Waals surface area contributed by atoms with E-state index in [4.69, 9.17) is 10.5 Å². The highest BCUT2D eigenvalue weighted by Gasteiger charge is 2.22. The molecule has 94 valence electrons. The van der Waals surface area contributed by atoms with Crippen molar-refractivity contribution in [3.8, 4) is 0 Å². The highest BCUT2D eigenvalue weighted by atomic mass is 16.5. The van der Waals surface area contributed by atoms with Crippen LogP contribution in [0.4, 0.5) is 0 Å². The fourth-order valence-corrected chi connectivity index (χ4v) is 2.48. The number of rotatable bonds is 5. The first kappa shape index (κ1) is 12.6. The summed E-state index contributed by atoms with van der Waals surface area (Å²) in [5.74, 6) is 0. The Morgan fingerprint density at radius 1 is 1.41 bits per heavy atom. The van der Waals surface area contributed by atoms with Gasteiger partial charge in [0.05, 0.1) is 6.10 Å². The molecular formula is C14H22N2O. The molecule has 17 heavy (non-hydrogen) atoms. The van der Waals surface area contributed by atoms with Gasteiger partial charge in [-0.15, -0.1) is 0 Å². The molecule has 0 spiro atoms. The summed E-state index contributed by atoms with van der Waals surface area (Å²) in [5.41, 5.74) is 7.18. The molecule has 2 atom stereocenters. The molecular weight excluding hydrogens is 212 g/mol. The first-order chi connectivity index (χ1) is 8.31. The Kier molecular flexibility index (Phi) is 4.54. The van der Waals surface area contributed by atoms with Crippen LogP contribution in [0.25, 0.3) is 0 Å². The van der Waals surface area contributed by atoms with E-state index in [1.54, 1.807) is 0 Å². The first-order valence-corrected chi connectivity index (χ1v) is 6.38. The van der Waals surface area contributed by atoms with Gasteiger partial charge in [-0.1, -0.05) is 30.3 Å². The first-order valence-electron chi connectivity index (χ1n) is 6.38. The number of nitrogens with two attached hydrogens (primary N) is 1. The maximum atomic E-state index is 5.90. The molecule has 1 aromatic carbocycles. The lowest BCUT2D eigenvalue weighted by Gasteiger charge is -2.29. The summed E-state index contributed by atoms with van der Waals surface area (Å²) >= 11 is 0. The van der Waals surface area contributed by atoms with Gasteiger partial charge in [-0.2, -0.15) is 0 Å². The lowest BCUT2D eigenvalue weighted by molar-refractivity contribution is 0.0689. The molecule has 0 saturated carbocycles. The molecule has 3 nitrogen and oxygen atoms in total. The van der Waals surface area contributed by atoms with E-state index in [0.29, 0.717) is 18.7 Å². The van der Waals surface area contributed by atoms with Gasteiger partial charge in [-0.25, -0.2) is 0 Å². The van der Waals surface area contributed by atoms with Crippen LogP contribution in [0.5, 0.6) is 0 Å². The van der Waals surface area contributed by atoms with Crippen molar-refractivity contribution in [3.63, 3.8) is 0 Å². The molecule has 1 aromatic rings. The zero-order valence-corrected chi connectivity index (χ0v) is 10.5. The lowest BCUT2D eigenvalue weighted by atomic mass is 10.1. The molecule has 2 rings (SSSR count). The van der Waals surface area contributed by atoms with Crippen molar-refractivity contribution in [1.29, 1.82) is 0 Å². The van der Waals surface area contributed by atoms with Crippen LogP contribution < -0.4 is 5.73 Å². The average molecular weight is 234 g/mol. The highest BCUT2D eigenvalue weighted by molar-refractivity contribution is 5.19. The van der Waals surface area contributed by atoms with E-state index in [-0.39, 0.29) is 0 Å². The van der Waals surface area contributed by atoms with Crippen molar-refractivity contribution < 1.29 is 4.74 Å². The topological polar surface area (TPSA) is 38.5 Å². The van der Waals surface area contributed by atoms with Crippen molar-refractivity contribution in [2.45, 2.75) is 25.0 Å². The molecule has 1 fully saturated rings. The van der Waals surface area contributed by atoms with E-state index in [9.17, 15) is 0 Å². The van der Waals surface area contributed by atoms with Gasteiger partial charge in [0, 0.05) is 25.7 Å². The van der Waals surface area contributed by atoms with Gasteiger partial charge < -0.3 is 10.5 Å². The molecule has 0 aliphatic carbocycles. The number of benzene rings is 1. The van der Waals surface area contributed by atoms with Crippen molar-refractivity contribution in [2.24, 2.45) is 5.73 Å². The number of ether oxygens (including phenoxy) is 1. The molecule has 0 radical (unpaired) electrons. The molecule has 1 aliphatic heterocycles. The van der Waals surface area contributed by atoms with Crippen molar-refractivity contribution in [1.82, 2.24) is 4.90 Å². The summed E-state index contributed by atoms with van der Waals surface area (Å²) < 4.78 is 5.67. The average Bonchev–Trinajstić information content (AvgIpc) is 2.84. The van der Waals surface area contributed by atoms with Crippen LogP contribution >= 0.6 is 0 Å². The predicted octanol–water partition coefficient (Wildman–Crippen LogP) is 1.80. The van der Waals surface area contributed by atoms with Gasteiger partial charge in [0.2, 0.25) is 0 Å². The van der Waals surface area contributed by atoms with Gasteiger partial charge in [-0.05, 0) is 25.5 Å². The minimum atomic E-state index is 0.292. The van der Waals surface area contributed by atoms with Crippen LogP contribution in [-0.2, 0) is 4.74 Å². The van der Waals surface area contributed by atoms with Gasteiger partial charge in [0.25, 0.3) is 0 Å². The summed E-state index contributed by atoms with van der Waals surface area (Å²) in [6, 6.07) is 10.8. The fraction of sp³-hybridized carbons (Fsp3) is 0.571. The van der Waals surface area contributed by atoms with Crippen LogP contribution in [0, 0.1) is 0 Å². The molecule has 2 N–H and O–H groups in total. The largest absolute Gasteiger partial charge is 0.377 e. The zero-order valence-electron chi connectivity index (χ0n) is 10.5. The van der Waals surface area contributed by atoms with E-state index in [1.807, 2.05) is 6.07 Å². The van der Waals surface area contributed by atoms with Crippen LogP contribution in [-0.4, -0.2) is 37.7 Å². The van der Waals surface area contributed by atoms with Crippen LogP contribution in [0.1, 0.15) is 24.4 Å². The molecule has 1 heterocycles. The third-order valence-corrected chi connectivity index (χ3v) is 3.46. The Balaban J connectivity index is 1.97. The Morgan fingerprint density at radius 3 is 2.76 bits per heavy atom. The Hall–Kier alpha value is -0.900. The molecule has 0 amide bonds. The van der Waals surface area contributed by atoms with E-state index in [1.165, 1.54) is 18.4 Å². The summed E-state index contributed by atoms with van der Waals surface area (Å²) in [7, 11) is 2.13. The molecule has 0 bridgehead atoms. The molecule has 0 aromatic heterocycles. The fourth-order valence-electron chi connectivity index (χ4n) is 2.48. The third-order valence-electron chi connectivity index (χ3n) is 3.46. The second-order valence-corrected chi connectivity index (χ2v) is 4.74. The van der Waals surface area contributed by atoms with Crippen LogP contribution in [0.3, 0.4) is 0 Å². The van der Waals surface area contributed by atoms with Crippen LogP contribution in [0.15, 0.2) is 30.3 Å². The minimum Gasteiger partial charge on any atom is -0.377 e. The molecule has 1 aliphatic rings. The Morgan fingerprint density at radius 2 is 2.18 bits per heavy atom. The number of likely N-dealkylation sites (N-methyl/N-ethyl adjacent to an activating group) is 1. The summed E-state index contributed by atoms with van der Waals surface area (Å²) in [6.45, 7) is 2.53. The quantitative estimate of drug-likeness (QED) is 0.844. The van der Waals surface area contributed by atoms with Gasteiger partial charge in [-0.3, -0.25) is 4.90 Å². The van der Waals surface area contributed by atoms with Crippen molar-refractivity contribution in [3.05, 3.63) is 35.9 Å². The Labute approximate surface area is 104 Å². The highest BCUT2D eigenvalue weighted by Crippen LogP contribution is 2.21. The van der Waals surface area contributed by atoms with E-state index in [2.05, 4.69) is 36.2 Å². The second-order valence-electron chi connectivity index (χ2n) is 4.74. The predicted molar refractivity (Wildman–Crippen MR) is 69.8 cm³/mol. The molecule has 1 saturated heterocycles. The lowest BCUT2D eigenvalue weighted by Crippen LogP contribution is -2.36. The smallest absolute Gasteiger partial charge is 0.0702 e. The van der Waals surface area contributed by atoms with Gasteiger partial charge >= 0.3 is 0 Å². The Bertz CT molecular complexity index is 322. The van der Waals surface area contributed by atoms with Crippen LogP contribution in [0.2, 0.25) is 0 Å². The molecule has 3 heteroatoms. The van der Waals surface area contributed by atoms with Gasteiger partial charge in [0.15, 0.2) is 0 Å². The van der Waals surface area contributed by atoms with E-state index < -0.39 is 0 Å². The maximum Gasteiger partial charge on any atom is 0.0702 e. The number of nitrogens with zero attached hydrogens (tertiary/aromatic N) is 1. The molecule has 2 unspecified atom stereocenters. The number of hydrogen-bond donors (Lipinski definition) is 1. The van der Waals surface area contributed by atoms with Crippen molar-refractivity contribution >= 4 is 0 Å². The number of hydrogen-bond acceptors (Lipinski definition) is 3. The zero-order chi connectivity index (χ0) is 12.1. The standard InChI is InChI=1S/C14H22N2O/c1-16(11-13-8-5-9-17-13)14(10-15)12-6-3-2-4-7-12/h2-4,6-7,13-14H,5,8-11,15H2,1H3. The van der Waals surface area contributed by atoms with E-state index >= 15 is 0 Å². The summed E-state index contributed by atoms with van der Waals surface area (Å²) in [4.78, 5) is 2.31. The minimum absolute atomic E-state index is 0.292.